The van der Waals surface area contributed by atoms with Crippen molar-refractivity contribution in [3.05, 3.63) is 16.1 Å². The molecule has 1 rings (SSSR count). The molecule has 1 aromatic heterocycles. The van der Waals surface area contributed by atoms with Crippen molar-refractivity contribution in [1.82, 2.24) is 9.88 Å². The molecule has 1 unspecified atom stereocenters. The van der Waals surface area contributed by atoms with Gasteiger partial charge in [0.25, 0.3) is 0 Å². The first kappa shape index (κ1) is 11.6. The van der Waals surface area contributed by atoms with Crippen LogP contribution in [-0.2, 0) is 12.1 Å². The maximum absolute atomic E-state index is 9.07. The maximum Gasteiger partial charge on any atom is 0.115 e. The van der Waals surface area contributed by atoms with E-state index in [0.717, 1.165) is 16.4 Å². The lowest BCUT2D eigenvalue weighted by Crippen LogP contribution is -2.36. The lowest BCUT2D eigenvalue weighted by molar-refractivity contribution is 0.209. The van der Waals surface area contributed by atoms with Gasteiger partial charge in [0.15, 0.2) is 0 Å². The molecule has 0 fully saturated rings. The molecule has 1 atom stereocenters. The highest BCUT2D eigenvalue weighted by molar-refractivity contribution is 7.11. The number of aliphatic hydroxyl groups excluding tert-OH is 1. The van der Waals surface area contributed by atoms with Gasteiger partial charge in [-0.2, -0.15) is 0 Å². The van der Waals surface area contributed by atoms with E-state index in [1.54, 1.807) is 18.3 Å². The maximum atomic E-state index is 9.07. The number of nitrogens with two attached hydrogens (primary N) is 1. The van der Waals surface area contributed by atoms with Gasteiger partial charge in [0.2, 0.25) is 0 Å². The van der Waals surface area contributed by atoms with Crippen molar-refractivity contribution in [2.75, 3.05) is 20.7 Å². The van der Waals surface area contributed by atoms with Crippen molar-refractivity contribution in [2.45, 2.75) is 19.0 Å². The number of rotatable bonds is 4. The zero-order valence-corrected chi connectivity index (χ0v) is 9.64. The summed E-state index contributed by atoms with van der Waals surface area (Å²) in [5, 5.41) is 9.86. The molecule has 4 nitrogen and oxygen atoms in total. The molecule has 0 radical (unpaired) electrons. The molecule has 0 aliphatic rings. The van der Waals surface area contributed by atoms with Crippen LogP contribution in [0.1, 0.15) is 16.8 Å². The standard InChI is InChI=1S/C9H17N3OS/c1-9(10,6-13)8-11-4-7(14-8)5-12(2)3/h4,13H,5-6,10H2,1-3H3. The Hall–Kier alpha value is -0.490. The molecule has 1 aromatic rings. The van der Waals surface area contributed by atoms with Gasteiger partial charge in [0.1, 0.15) is 5.01 Å². The summed E-state index contributed by atoms with van der Waals surface area (Å²) in [6.45, 7) is 2.56. The normalized spacial score (nSPS) is 15.9. The minimum absolute atomic E-state index is 0.0814. The Kier molecular flexibility index (Phi) is 3.60. The fourth-order valence-electron chi connectivity index (χ4n) is 1.02. The number of aromatic nitrogens is 1. The van der Waals surface area contributed by atoms with Gasteiger partial charge in [-0.3, -0.25) is 0 Å². The van der Waals surface area contributed by atoms with Gasteiger partial charge in [-0.1, -0.05) is 0 Å². The molecule has 0 amide bonds. The van der Waals surface area contributed by atoms with Gasteiger partial charge in [-0.05, 0) is 21.0 Å². The molecule has 0 aromatic carbocycles. The van der Waals surface area contributed by atoms with Crippen LogP contribution < -0.4 is 5.73 Å². The van der Waals surface area contributed by atoms with Gasteiger partial charge >= 0.3 is 0 Å². The number of thiazole rings is 1. The molecule has 0 spiro atoms. The van der Waals surface area contributed by atoms with E-state index >= 15 is 0 Å². The molecule has 14 heavy (non-hydrogen) atoms. The lowest BCUT2D eigenvalue weighted by Gasteiger charge is -2.17. The van der Waals surface area contributed by atoms with Crippen LogP contribution in [0.15, 0.2) is 6.20 Å². The third kappa shape index (κ3) is 2.75. The summed E-state index contributed by atoms with van der Waals surface area (Å²) in [6, 6.07) is 0. The van der Waals surface area contributed by atoms with Crippen LogP contribution in [0.5, 0.6) is 0 Å². The molecular formula is C9H17N3OS. The zero-order chi connectivity index (χ0) is 10.8. The van der Waals surface area contributed by atoms with Crippen LogP contribution >= 0.6 is 11.3 Å². The minimum atomic E-state index is -0.713. The first-order valence-electron chi connectivity index (χ1n) is 4.45. The SMILES string of the molecule is CN(C)Cc1cnc(C(C)(N)CO)s1. The number of hydrogen-bond acceptors (Lipinski definition) is 5. The van der Waals surface area contributed by atoms with Gasteiger partial charge < -0.3 is 15.7 Å². The van der Waals surface area contributed by atoms with E-state index in [4.69, 9.17) is 10.8 Å². The van der Waals surface area contributed by atoms with E-state index in [0.29, 0.717) is 0 Å². The summed E-state index contributed by atoms with van der Waals surface area (Å²) < 4.78 is 0. The first-order chi connectivity index (χ1) is 6.45. The van der Waals surface area contributed by atoms with Crippen LogP contribution in [0.3, 0.4) is 0 Å². The van der Waals surface area contributed by atoms with Crippen LogP contribution in [-0.4, -0.2) is 35.7 Å². The summed E-state index contributed by atoms with van der Waals surface area (Å²) in [5.41, 5.74) is 5.15. The van der Waals surface area contributed by atoms with E-state index < -0.39 is 5.54 Å². The van der Waals surface area contributed by atoms with E-state index in [1.807, 2.05) is 20.3 Å². The average Bonchev–Trinajstić information content (AvgIpc) is 2.52. The van der Waals surface area contributed by atoms with E-state index in [-0.39, 0.29) is 6.61 Å². The fraction of sp³-hybridized carbons (Fsp3) is 0.667. The van der Waals surface area contributed by atoms with Crippen LogP contribution in [0.2, 0.25) is 0 Å². The zero-order valence-electron chi connectivity index (χ0n) is 8.82. The molecular weight excluding hydrogens is 198 g/mol. The Morgan fingerprint density at radius 2 is 2.29 bits per heavy atom. The second kappa shape index (κ2) is 4.35. The topological polar surface area (TPSA) is 62.4 Å². The highest BCUT2D eigenvalue weighted by Crippen LogP contribution is 2.23. The van der Waals surface area contributed by atoms with Crippen molar-refractivity contribution in [1.29, 1.82) is 0 Å². The number of aliphatic hydroxyl groups is 1. The Morgan fingerprint density at radius 1 is 1.64 bits per heavy atom. The summed E-state index contributed by atoms with van der Waals surface area (Å²) >= 11 is 1.55. The van der Waals surface area contributed by atoms with Gasteiger partial charge in [0.05, 0.1) is 12.1 Å². The summed E-state index contributed by atoms with van der Waals surface area (Å²) in [5.74, 6) is 0. The van der Waals surface area contributed by atoms with Crippen molar-refractivity contribution in [3.63, 3.8) is 0 Å². The lowest BCUT2D eigenvalue weighted by atomic mass is 10.1. The van der Waals surface area contributed by atoms with Crippen molar-refractivity contribution < 1.29 is 5.11 Å². The third-order valence-corrected chi connectivity index (χ3v) is 3.10. The van der Waals surface area contributed by atoms with Crippen molar-refractivity contribution in [2.24, 2.45) is 5.73 Å². The highest BCUT2D eigenvalue weighted by atomic mass is 32.1. The number of hydrogen-bond donors (Lipinski definition) is 2. The Bertz CT molecular complexity index is 296. The summed E-state index contributed by atoms with van der Waals surface area (Å²) in [4.78, 5) is 7.45. The summed E-state index contributed by atoms with van der Waals surface area (Å²) in [6.07, 6.45) is 1.82. The largest absolute Gasteiger partial charge is 0.394 e. The van der Waals surface area contributed by atoms with Gasteiger partial charge in [0, 0.05) is 17.6 Å². The molecule has 0 saturated heterocycles. The van der Waals surface area contributed by atoms with Crippen molar-refractivity contribution >= 4 is 11.3 Å². The average molecular weight is 215 g/mol. The molecule has 1 heterocycles. The quantitative estimate of drug-likeness (QED) is 0.762. The Balaban J connectivity index is 2.77. The van der Waals surface area contributed by atoms with Crippen LogP contribution in [0, 0.1) is 0 Å². The third-order valence-electron chi connectivity index (χ3n) is 1.84. The second-order valence-electron chi connectivity index (χ2n) is 3.95. The Labute approximate surface area is 88.4 Å². The molecule has 0 aliphatic carbocycles. The van der Waals surface area contributed by atoms with E-state index in [2.05, 4.69) is 9.88 Å². The molecule has 0 bridgehead atoms. The second-order valence-corrected chi connectivity index (χ2v) is 5.06. The number of nitrogens with zero attached hydrogens (tertiary/aromatic N) is 2. The van der Waals surface area contributed by atoms with Crippen LogP contribution in [0.4, 0.5) is 0 Å². The monoisotopic (exact) mass is 215 g/mol. The van der Waals surface area contributed by atoms with E-state index in [1.165, 1.54) is 0 Å². The Morgan fingerprint density at radius 3 is 2.79 bits per heavy atom. The summed E-state index contributed by atoms with van der Waals surface area (Å²) in [7, 11) is 4.01. The van der Waals surface area contributed by atoms with Crippen LogP contribution in [0.25, 0.3) is 0 Å². The molecule has 0 aliphatic heterocycles. The fourth-order valence-corrected chi connectivity index (χ4v) is 2.10. The smallest absolute Gasteiger partial charge is 0.115 e. The molecule has 3 N–H and O–H groups in total. The molecule has 5 heteroatoms. The first-order valence-corrected chi connectivity index (χ1v) is 5.27. The molecule has 0 saturated carbocycles. The predicted octanol–water partition coefficient (Wildman–Crippen LogP) is 0.371. The van der Waals surface area contributed by atoms with Crippen molar-refractivity contribution in [3.8, 4) is 0 Å². The highest BCUT2D eigenvalue weighted by Gasteiger charge is 2.23. The minimum Gasteiger partial charge on any atom is -0.394 e. The molecule has 80 valence electrons. The van der Waals surface area contributed by atoms with E-state index in [9.17, 15) is 0 Å². The van der Waals surface area contributed by atoms with Gasteiger partial charge in [-0.15, -0.1) is 11.3 Å². The van der Waals surface area contributed by atoms with Gasteiger partial charge in [-0.25, -0.2) is 4.98 Å². The predicted molar refractivity (Wildman–Crippen MR) is 58.1 cm³/mol.